The third-order valence-electron chi connectivity index (χ3n) is 4.46. The summed E-state index contributed by atoms with van der Waals surface area (Å²) >= 11 is 1.88. The highest BCUT2D eigenvalue weighted by Crippen LogP contribution is 2.34. The zero-order valence-corrected chi connectivity index (χ0v) is 16.8. The molecule has 2 heterocycles. The van der Waals surface area contributed by atoms with E-state index in [2.05, 4.69) is 71.9 Å². The van der Waals surface area contributed by atoms with Gasteiger partial charge in [0.05, 0.1) is 11.4 Å². The normalized spacial score (nSPS) is 13.4. The van der Waals surface area contributed by atoms with Crippen molar-refractivity contribution in [2.45, 2.75) is 63.7 Å². The molecule has 0 unspecified atom stereocenters. The first kappa shape index (κ1) is 18.0. The molecule has 0 aliphatic carbocycles. The minimum atomic E-state index is -0.00134. The van der Waals surface area contributed by atoms with E-state index in [4.69, 9.17) is 10.1 Å². The molecule has 25 heavy (non-hydrogen) atoms. The minimum absolute atomic E-state index is 0.00134. The van der Waals surface area contributed by atoms with Gasteiger partial charge in [-0.1, -0.05) is 65.0 Å². The first-order chi connectivity index (χ1) is 11.8. The Balaban J connectivity index is 2.29. The van der Waals surface area contributed by atoms with Gasteiger partial charge in [-0.2, -0.15) is 5.10 Å². The van der Waals surface area contributed by atoms with Crippen molar-refractivity contribution in [3.63, 3.8) is 0 Å². The maximum absolute atomic E-state index is 5.02. The van der Waals surface area contributed by atoms with Gasteiger partial charge >= 0.3 is 0 Å². The lowest BCUT2D eigenvalue weighted by molar-refractivity contribution is 0.563. The Morgan fingerprint density at radius 2 is 1.84 bits per heavy atom. The van der Waals surface area contributed by atoms with E-state index in [9.17, 15) is 0 Å². The van der Waals surface area contributed by atoms with Crippen LogP contribution >= 0.6 is 11.8 Å². The third kappa shape index (κ3) is 3.59. The van der Waals surface area contributed by atoms with Crippen LogP contribution in [0.3, 0.4) is 0 Å². The summed E-state index contributed by atoms with van der Waals surface area (Å²) in [4.78, 5) is 5.02. The zero-order valence-electron chi connectivity index (χ0n) is 16.0. The van der Waals surface area contributed by atoms with Gasteiger partial charge in [-0.25, -0.2) is 9.50 Å². The Bertz CT molecular complexity index is 876. The van der Waals surface area contributed by atoms with Gasteiger partial charge in [-0.05, 0) is 25.0 Å². The van der Waals surface area contributed by atoms with Crippen molar-refractivity contribution in [2.75, 3.05) is 0 Å². The Morgan fingerprint density at radius 1 is 1.16 bits per heavy atom. The highest BCUT2D eigenvalue weighted by atomic mass is 32.2. The lowest BCUT2D eigenvalue weighted by atomic mass is 9.92. The van der Waals surface area contributed by atoms with Crippen molar-refractivity contribution in [1.82, 2.24) is 14.6 Å². The van der Waals surface area contributed by atoms with Gasteiger partial charge in [0.25, 0.3) is 0 Å². The van der Waals surface area contributed by atoms with Gasteiger partial charge < -0.3 is 0 Å². The molecular formula is C21H27N3S. The number of hydrogen-bond acceptors (Lipinski definition) is 3. The summed E-state index contributed by atoms with van der Waals surface area (Å²) in [5.74, 6) is 0. The summed E-state index contributed by atoms with van der Waals surface area (Å²) < 4.78 is 2.03. The molecule has 0 bridgehead atoms. The molecule has 0 fully saturated rings. The molecule has 3 aromatic rings. The van der Waals surface area contributed by atoms with E-state index in [0.717, 1.165) is 29.0 Å². The molecule has 3 rings (SSSR count). The predicted octanol–water partition coefficient (Wildman–Crippen LogP) is 5.89. The average molecular weight is 354 g/mol. The Hall–Kier alpha value is -1.81. The largest absolute Gasteiger partial charge is 0.232 e. The van der Waals surface area contributed by atoms with Gasteiger partial charge in [0.2, 0.25) is 0 Å². The molecule has 1 atom stereocenters. The summed E-state index contributed by atoms with van der Waals surface area (Å²) in [5.41, 5.74) is 5.41. The van der Waals surface area contributed by atoms with Crippen molar-refractivity contribution < 1.29 is 0 Å². The van der Waals surface area contributed by atoms with Crippen LogP contribution in [0.5, 0.6) is 0 Å². The van der Waals surface area contributed by atoms with Crippen LogP contribution in [0, 0.1) is 6.92 Å². The van der Waals surface area contributed by atoms with E-state index in [-0.39, 0.29) is 5.41 Å². The maximum atomic E-state index is 5.02. The third-order valence-corrected chi connectivity index (χ3v) is 5.73. The Morgan fingerprint density at radius 3 is 2.44 bits per heavy atom. The number of fused-ring (bicyclic) bond motifs is 1. The van der Waals surface area contributed by atoms with Crippen LogP contribution < -0.4 is 0 Å². The summed E-state index contributed by atoms with van der Waals surface area (Å²) in [6.45, 7) is 13.2. The second-order valence-electron chi connectivity index (χ2n) is 7.63. The SMILES string of the molecule is CC[C@@H](C)Sc1cc(C(C)(C)C)nc2c(-c3ccccc3)c(C)nn12. The van der Waals surface area contributed by atoms with Crippen molar-refractivity contribution in [3.05, 3.63) is 47.8 Å². The van der Waals surface area contributed by atoms with E-state index in [0.29, 0.717) is 5.25 Å². The summed E-state index contributed by atoms with van der Waals surface area (Å²) in [6.07, 6.45) is 1.13. The standard InChI is InChI=1S/C21H27N3S/c1-7-14(2)25-18-13-17(21(4,5)6)22-20-19(15(3)23-24(18)20)16-11-9-8-10-12-16/h8-14H,7H2,1-6H3/t14-/m1/s1. The minimum Gasteiger partial charge on any atom is -0.232 e. The van der Waals surface area contributed by atoms with Crippen LogP contribution in [0.2, 0.25) is 0 Å². The molecule has 0 saturated heterocycles. The first-order valence-corrected chi connectivity index (χ1v) is 9.82. The van der Waals surface area contributed by atoms with Gasteiger partial charge in [0.1, 0.15) is 5.03 Å². The molecule has 0 aliphatic rings. The molecule has 0 saturated carbocycles. The predicted molar refractivity (Wildman–Crippen MR) is 107 cm³/mol. The number of thioether (sulfide) groups is 1. The molecule has 1 aromatic carbocycles. The van der Waals surface area contributed by atoms with E-state index in [1.165, 1.54) is 10.6 Å². The first-order valence-electron chi connectivity index (χ1n) is 8.94. The van der Waals surface area contributed by atoms with Crippen molar-refractivity contribution in [1.29, 1.82) is 0 Å². The average Bonchev–Trinajstić information content (AvgIpc) is 2.91. The maximum Gasteiger partial charge on any atom is 0.164 e. The fourth-order valence-corrected chi connectivity index (χ4v) is 3.78. The van der Waals surface area contributed by atoms with Crippen LogP contribution in [-0.2, 0) is 5.41 Å². The number of aryl methyl sites for hydroxylation is 1. The second-order valence-corrected chi connectivity index (χ2v) is 9.09. The molecule has 0 aliphatic heterocycles. The molecule has 2 aromatic heterocycles. The number of hydrogen-bond donors (Lipinski definition) is 0. The highest BCUT2D eigenvalue weighted by Gasteiger charge is 2.22. The van der Waals surface area contributed by atoms with Crippen LogP contribution in [0.4, 0.5) is 0 Å². The number of rotatable bonds is 4. The molecule has 0 N–H and O–H groups in total. The molecule has 3 nitrogen and oxygen atoms in total. The number of benzene rings is 1. The fourth-order valence-electron chi connectivity index (χ4n) is 2.80. The van der Waals surface area contributed by atoms with Crippen LogP contribution in [0.15, 0.2) is 41.4 Å². The van der Waals surface area contributed by atoms with Gasteiger partial charge in [0, 0.05) is 16.2 Å². The topological polar surface area (TPSA) is 30.2 Å². The lowest BCUT2D eigenvalue weighted by Gasteiger charge is -2.20. The molecule has 132 valence electrons. The zero-order chi connectivity index (χ0) is 18.2. The summed E-state index contributed by atoms with van der Waals surface area (Å²) in [7, 11) is 0. The summed E-state index contributed by atoms with van der Waals surface area (Å²) in [6, 6.07) is 12.7. The van der Waals surface area contributed by atoms with E-state index in [1.54, 1.807) is 0 Å². The number of aromatic nitrogens is 3. The van der Waals surface area contributed by atoms with Crippen molar-refractivity contribution in [2.24, 2.45) is 0 Å². The highest BCUT2D eigenvalue weighted by molar-refractivity contribution is 7.99. The van der Waals surface area contributed by atoms with Gasteiger partial charge in [-0.3, -0.25) is 0 Å². The Labute approximate surface area is 154 Å². The quantitative estimate of drug-likeness (QED) is 0.432. The van der Waals surface area contributed by atoms with E-state index in [1.807, 2.05) is 22.3 Å². The lowest BCUT2D eigenvalue weighted by Crippen LogP contribution is -2.15. The molecule has 0 radical (unpaired) electrons. The summed E-state index contributed by atoms with van der Waals surface area (Å²) in [5, 5.41) is 6.55. The molecule has 0 spiro atoms. The number of nitrogens with zero attached hydrogens (tertiary/aromatic N) is 3. The molecule has 0 amide bonds. The molecular weight excluding hydrogens is 326 g/mol. The van der Waals surface area contributed by atoms with Crippen LogP contribution in [0.1, 0.15) is 52.4 Å². The van der Waals surface area contributed by atoms with Crippen LogP contribution in [0.25, 0.3) is 16.8 Å². The fraction of sp³-hybridized carbons (Fsp3) is 0.429. The van der Waals surface area contributed by atoms with Crippen molar-refractivity contribution in [3.8, 4) is 11.1 Å². The van der Waals surface area contributed by atoms with Gasteiger partial charge in [0.15, 0.2) is 5.65 Å². The van der Waals surface area contributed by atoms with E-state index < -0.39 is 0 Å². The van der Waals surface area contributed by atoms with Gasteiger partial charge in [-0.15, -0.1) is 11.8 Å². The van der Waals surface area contributed by atoms with Crippen molar-refractivity contribution >= 4 is 17.4 Å². The second kappa shape index (κ2) is 6.83. The Kier molecular flexibility index (Phi) is 4.92. The monoisotopic (exact) mass is 353 g/mol. The van der Waals surface area contributed by atoms with Crippen LogP contribution in [-0.4, -0.2) is 19.8 Å². The molecule has 4 heteroatoms. The smallest absolute Gasteiger partial charge is 0.164 e. The van der Waals surface area contributed by atoms with E-state index >= 15 is 0 Å².